The largest absolute Gasteiger partial charge is 0.484 e. The van der Waals surface area contributed by atoms with Crippen LogP contribution in [0.5, 0.6) is 5.75 Å². The van der Waals surface area contributed by atoms with Crippen molar-refractivity contribution in [2.75, 3.05) is 0 Å². The number of alkyl halides is 3. The van der Waals surface area contributed by atoms with Crippen LogP contribution in [0.3, 0.4) is 0 Å². The predicted molar refractivity (Wildman–Crippen MR) is 115 cm³/mol. The smallest absolute Gasteiger partial charge is 0.438 e. The van der Waals surface area contributed by atoms with Gasteiger partial charge in [-0.2, -0.15) is 18.3 Å². The molecule has 0 radical (unpaired) electrons. The Kier molecular flexibility index (Phi) is 5.94. The summed E-state index contributed by atoms with van der Waals surface area (Å²) in [5, 5.41) is 4.49. The summed E-state index contributed by atoms with van der Waals surface area (Å²) in [6.07, 6.45) is -4.73. The fraction of sp³-hybridized carbons (Fsp3) is 0.0870. The maximum atomic E-state index is 13.9. The van der Waals surface area contributed by atoms with E-state index >= 15 is 0 Å². The fourth-order valence-electron chi connectivity index (χ4n) is 3.15. The number of para-hydroxylation sites is 1. The second kappa shape index (κ2) is 8.65. The molecular weight excluding hydrogens is 448 g/mol. The van der Waals surface area contributed by atoms with Gasteiger partial charge in [-0.15, -0.1) is 0 Å². The van der Waals surface area contributed by atoms with E-state index in [0.717, 1.165) is 0 Å². The van der Waals surface area contributed by atoms with E-state index in [-0.39, 0.29) is 12.3 Å². The number of rotatable bonds is 5. The van der Waals surface area contributed by atoms with Gasteiger partial charge in [0, 0.05) is 21.2 Å². The summed E-state index contributed by atoms with van der Waals surface area (Å²) in [7, 11) is 0. The van der Waals surface area contributed by atoms with Gasteiger partial charge in [-0.1, -0.05) is 77.8 Å². The molecule has 0 fully saturated rings. The Bertz CT molecular complexity index is 1170. The predicted octanol–water partition coefficient (Wildman–Crippen LogP) is 7.44. The lowest BCUT2D eigenvalue weighted by molar-refractivity contribution is -0.142. The van der Waals surface area contributed by atoms with Crippen LogP contribution >= 0.6 is 23.2 Å². The molecule has 0 amide bonds. The molecule has 0 aliphatic carbocycles. The van der Waals surface area contributed by atoms with E-state index in [1.54, 1.807) is 78.9 Å². The molecule has 3 aromatic carbocycles. The zero-order valence-electron chi connectivity index (χ0n) is 15.9. The number of aromatic nitrogens is 2. The average molecular weight is 463 g/mol. The third kappa shape index (κ3) is 4.40. The molecule has 4 aromatic rings. The van der Waals surface area contributed by atoms with Gasteiger partial charge in [-0.3, -0.25) is 0 Å². The van der Waals surface area contributed by atoms with Crippen molar-refractivity contribution in [3.63, 3.8) is 0 Å². The van der Waals surface area contributed by atoms with Gasteiger partial charge in [-0.05, 0) is 24.3 Å². The third-order valence-corrected chi connectivity index (χ3v) is 5.29. The van der Waals surface area contributed by atoms with Gasteiger partial charge in [0.15, 0.2) is 5.75 Å². The average Bonchev–Trinajstić information content (AvgIpc) is 3.15. The zero-order valence-corrected chi connectivity index (χ0v) is 17.4. The van der Waals surface area contributed by atoms with Crippen molar-refractivity contribution in [3.8, 4) is 22.7 Å². The molecule has 0 unspecified atom stereocenters. The first-order valence-electron chi connectivity index (χ1n) is 9.23. The molecule has 0 bridgehead atoms. The highest BCUT2D eigenvalue weighted by Crippen LogP contribution is 2.43. The number of ether oxygens (including phenoxy) is 1. The highest BCUT2D eigenvalue weighted by atomic mass is 35.5. The van der Waals surface area contributed by atoms with Crippen molar-refractivity contribution in [1.82, 2.24) is 9.78 Å². The van der Waals surface area contributed by atoms with Gasteiger partial charge in [-0.25, -0.2) is 4.68 Å². The molecule has 0 saturated heterocycles. The van der Waals surface area contributed by atoms with Crippen LogP contribution in [0.25, 0.3) is 16.9 Å². The monoisotopic (exact) mass is 462 g/mol. The molecule has 0 N–H and O–H groups in total. The Morgan fingerprint density at radius 1 is 0.806 bits per heavy atom. The molecule has 0 atom stereocenters. The molecule has 1 heterocycles. The molecule has 0 spiro atoms. The van der Waals surface area contributed by atoms with Crippen LogP contribution in [0, 0.1) is 0 Å². The second-order valence-corrected chi connectivity index (χ2v) is 7.44. The van der Waals surface area contributed by atoms with E-state index < -0.39 is 17.6 Å². The topological polar surface area (TPSA) is 27.1 Å². The summed E-state index contributed by atoms with van der Waals surface area (Å²) in [6, 6.07) is 22.1. The van der Waals surface area contributed by atoms with E-state index in [0.29, 0.717) is 26.9 Å². The van der Waals surface area contributed by atoms with E-state index in [1.165, 1.54) is 4.68 Å². The summed E-state index contributed by atoms with van der Waals surface area (Å²) in [4.78, 5) is 0. The van der Waals surface area contributed by atoms with Crippen molar-refractivity contribution in [2.45, 2.75) is 12.8 Å². The van der Waals surface area contributed by atoms with Crippen molar-refractivity contribution in [1.29, 1.82) is 0 Å². The molecule has 4 rings (SSSR count). The van der Waals surface area contributed by atoms with Crippen molar-refractivity contribution in [2.24, 2.45) is 0 Å². The molecule has 1 aromatic heterocycles. The van der Waals surface area contributed by atoms with Crippen LogP contribution in [-0.4, -0.2) is 9.78 Å². The SMILES string of the molecule is FC(F)(F)c1nn(-c2ccccc2)c(-c2ccccc2)c1OCc1c(Cl)cccc1Cl. The highest BCUT2D eigenvalue weighted by molar-refractivity contribution is 6.35. The summed E-state index contributed by atoms with van der Waals surface area (Å²) < 4.78 is 48.8. The third-order valence-electron chi connectivity index (χ3n) is 4.58. The fourth-order valence-corrected chi connectivity index (χ4v) is 3.65. The second-order valence-electron chi connectivity index (χ2n) is 6.63. The molecule has 8 heteroatoms. The lowest BCUT2D eigenvalue weighted by Gasteiger charge is -2.13. The van der Waals surface area contributed by atoms with Crippen LogP contribution in [0.2, 0.25) is 10.0 Å². The summed E-state index contributed by atoms with van der Waals surface area (Å²) in [6.45, 7) is -0.248. The quantitative estimate of drug-likeness (QED) is 0.308. The van der Waals surface area contributed by atoms with Crippen molar-refractivity contribution in [3.05, 3.63) is 100 Å². The first kappa shape index (κ1) is 21.3. The minimum absolute atomic E-state index is 0.183. The molecule has 0 saturated carbocycles. The zero-order chi connectivity index (χ0) is 22.0. The maximum Gasteiger partial charge on any atom is 0.438 e. The van der Waals surface area contributed by atoms with E-state index in [9.17, 15) is 13.2 Å². The highest BCUT2D eigenvalue weighted by Gasteiger charge is 2.41. The standard InChI is InChI=1S/C23H15Cl2F3N2O/c24-18-12-7-13-19(25)17(18)14-31-21-20(15-8-3-1-4-9-15)30(16-10-5-2-6-11-16)29-22(21)23(26,27)28/h1-13H,14H2. The number of benzene rings is 3. The first-order valence-corrected chi connectivity index (χ1v) is 9.98. The molecule has 0 aliphatic heterocycles. The lowest BCUT2D eigenvalue weighted by atomic mass is 10.1. The Labute approximate surface area is 186 Å². The minimum atomic E-state index is -4.73. The number of nitrogens with zero attached hydrogens (tertiary/aromatic N) is 2. The van der Waals surface area contributed by atoms with Gasteiger partial charge >= 0.3 is 6.18 Å². The van der Waals surface area contributed by atoms with E-state index in [4.69, 9.17) is 27.9 Å². The van der Waals surface area contributed by atoms with Gasteiger partial charge in [0.05, 0.1) is 5.69 Å². The van der Waals surface area contributed by atoms with E-state index in [2.05, 4.69) is 5.10 Å². The molecular formula is C23H15Cl2F3N2O. The Balaban J connectivity index is 1.90. The maximum absolute atomic E-state index is 13.9. The summed E-state index contributed by atoms with van der Waals surface area (Å²) in [5.74, 6) is -0.390. The molecule has 158 valence electrons. The van der Waals surface area contributed by atoms with Crippen LogP contribution < -0.4 is 4.74 Å². The van der Waals surface area contributed by atoms with Crippen molar-refractivity contribution >= 4 is 23.2 Å². The molecule has 3 nitrogen and oxygen atoms in total. The van der Waals surface area contributed by atoms with Crippen LogP contribution in [0.4, 0.5) is 13.2 Å². The van der Waals surface area contributed by atoms with Gasteiger partial charge < -0.3 is 4.74 Å². The van der Waals surface area contributed by atoms with E-state index in [1.807, 2.05) is 0 Å². The normalized spacial score (nSPS) is 11.5. The Morgan fingerprint density at radius 3 is 1.97 bits per heavy atom. The van der Waals surface area contributed by atoms with Crippen LogP contribution in [0.15, 0.2) is 78.9 Å². The molecule has 0 aliphatic rings. The van der Waals surface area contributed by atoms with Crippen LogP contribution in [0.1, 0.15) is 11.3 Å². The van der Waals surface area contributed by atoms with Crippen molar-refractivity contribution < 1.29 is 17.9 Å². The summed E-state index contributed by atoms with van der Waals surface area (Å²) in [5.41, 5.74) is 0.443. The van der Waals surface area contributed by atoms with Gasteiger partial charge in [0.2, 0.25) is 5.69 Å². The Hall–Kier alpha value is -2.96. The number of hydrogen-bond donors (Lipinski definition) is 0. The lowest BCUT2D eigenvalue weighted by Crippen LogP contribution is -2.09. The number of hydrogen-bond acceptors (Lipinski definition) is 2. The Morgan fingerprint density at radius 2 is 1.39 bits per heavy atom. The molecule has 31 heavy (non-hydrogen) atoms. The van der Waals surface area contributed by atoms with Gasteiger partial charge in [0.1, 0.15) is 12.3 Å². The number of halogens is 5. The van der Waals surface area contributed by atoms with Gasteiger partial charge in [0.25, 0.3) is 0 Å². The first-order chi connectivity index (χ1) is 14.9. The summed E-state index contributed by atoms with van der Waals surface area (Å²) >= 11 is 12.4. The van der Waals surface area contributed by atoms with Crippen LogP contribution in [-0.2, 0) is 12.8 Å². The minimum Gasteiger partial charge on any atom is -0.484 e.